The average molecular weight is 284 g/mol. The zero-order chi connectivity index (χ0) is 12.0. The van der Waals surface area contributed by atoms with Gasteiger partial charge in [-0.3, -0.25) is 0 Å². The first-order valence-corrected chi connectivity index (χ1v) is 6.95. The number of halogens is 1. The standard InChI is InChI=1S/C14H22BrN/c1-4-11(3)10-16-14(5-2)12-6-8-13(15)9-7-12/h6-9,11,14,16H,4-5,10H2,1-3H3. The Morgan fingerprint density at radius 1 is 1.12 bits per heavy atom. The summed E-state index contributed by atoms with van der Waals surface area (Å²) in [5.41, 5.74) is 1.38. The van der Waals surface area contributed by atoms with E-state index in [1.807, 2.05) is 0 Å². The average Bonchev–Trinajstić information content (AvgIpc) is 2.31. The number of rotatable bonds is 6. The van der Waals surface area contributed by atoms with Gasteiger partial charge in [-0.1, -0.05) is 55.3 Å². The highest BCUT2D eigenvalue weighted by atomic mass is 79.9. The van der Waals surface area contributed by atoms with Crippen molar-refractivity contribution in [2.75, 3.05) is 6.54 Å². The summed E-state index contributed by atoms with van der Waals surface area (Å²) in [6, 6.07) is 9.11. The minimum absolute atomic E-state index is 0.488. The van der Waals surface area contributed by atoms with Gasteiger partial charge in [0.1, 0.15) is 0 Å². The minimum atomic E-state index is 0.488. The zero-order valence-corrected chi connectivity index (χ0v) is 12.0. The Morgan fingerprint density at radius 3 is 2.25 bits per heavy atom. The van der Waals surface area contributed by atoms with Gasteiger partial charge in [0.2, 0.25) is 0 Å². The molecule has 0 heterocycles. The lowest BCUT2D eigenvalue weighted by Crippen LogP contribution is -2.25. The lowest BCUT2D eigenvalue weighted by atomic mass is 10.0. The van der Waals surface area contributed by atoms with Crippen molar-refractivity contribution < 1.29 is 0 Å². The summed E-state index contributed by atoms with van der Waals surface area (Å²) in [7, 11) is 0. The molecule has 1 aromatic carbocycles. The predicted octanol–water partition coefficient (Wildman–Crippen LogP) is 4.54. The molecule has 0 saturated carbocycles. The Balaban J connectivity index is 2.57. The van der Waals surface area contributed by atoms with E-state index in [1.54, 1.807) is 0 Å². The minimum Gasteiger partial charge on any atom is -0.310 e. The maximum absolute atomic E-state index is 3.64. The van der Waals surface area contributed by atoms with E-state index < -0.39 is 0 Å². The van der Waals surface area contributed by atoms with Crippen LogP contribution in [0.15, 0.2) is 28.7 Å². The monoisotopic (exact) mass is 283 g/mol. The van der Waals surface area contributed by atoms with Gasteiger partial charge in [0, 0.05) is 10.5 Å². The Morgan fingerprint density at radius 2 is 1.75 bits per heavy atom. The van der Waals surface area contributed by atoms with Crippen molar-refractivity contribution in [3.05, 3.63) is 34.3 Å². The third-order valence-corrected chi connectivity index (χ3v) is 3.62. The summed E-state index contributed by atoms with van der Waals surface area (Å²) < 4.78 is 1.15. The van der Waals surface area contributed by atoms with Gasteiger partial charge in [0.05, 0.1) is 0 Å². The molecule has 0 aliphatic carbocycles. The molecule has 1 N–H and O–H groups in total. The molecule has 2 atom stereocenters. The summed E-state index contributed by atoms with van der Waals surface area (Å²) in [5, 5.41) is 3.64. The zero-order valence-electron chi connectivity index (χ0n) is 10.5. The maximum Gasteiger partial charge on any atom is 0.0317 e. The summed E-state index contributed by atoms with van der Waals surface area (Å²) in [6.45, 7) is 7.87. The van der Waals surface area contributed by atoms with E-state index in [0.29, 0.717) is 6.04 Å². The highest BCUT2D eigenvalue weighted by Gasteiger charge is 2.09. The molecule has 0 fully saturated rings. The van der Waals surface area contributed by atoms with Crippen LogP contribution in [0.4, 0.5) is 0 Å². The van der Waals surface area contributed by atoms with Crippen molar-refractivity contribution in [3.8, 4) is 0 Å². The molecule has 0 amide bonds. The molecular weight excluding hydrogens is 262 g/mol. The summed E-state index contributed by atoms with van der Waals surface area (Å²) in [5.74, 6) is 0.754. The Kier molecular flexibility index (Phi) is 6.07. The topological polar surface area (TPSA) is 12.0 Å². The van der Waals surface area contributed by atoms with Crippen LogP contribution in [0.5, 0.6) is 0 Å². The van der Waals surface area contributed by atoms with Crippen LogP contribution in [-0.4, -0.2) is 6.54 Å². The molecule has 2 unspecified atom stereocenters. The summed E-state index contributed by atoms with van der Waals surface area (Å²) >= 11 is 3.47. The SMILES string of the molecule is CCC(C)CNC(CC)c1ccc(Br)cc1. The number of nitrogens with one attached hydrogen (secondary N) is 1. The van der Waals surface area contributed by atoms with Crippen molar-refractivity contribution in [1.82, 2.24) is 5.32 Å². The summed E-state index contributed by atoms with van der Waals surface area (Å²) in [6.07, 6.45) is 2.38. The van der Waals surface area contributed by atoms with E-state index in [2.05, 4.69) is 66.3 Å². The Hall–Kier alpha value is -0.340. The van der Waals surface area contributed by atoms with E-state index in [1.165, 1.54) is 12.0 Å². The molecule has 2 heteroatoms. The Bertz CT molecular complexity index is 294. The highest BCUT2D eigenvalue weighted by molar-refractivity contribution is 9.10. The molecule has 1 nitrogen and oxygen atoms in total. The van der Waals surface area contributed by atoms with Gasteiger partial charge in [0.15, 0.2) is 0 Å². The second kappa shape index (κ2) is 7.08. The van der Waals surface area contributed by atoms with Gasteiger partial charge in [0.25, 0.3) is 0 Å². The second-order valence-electron chi connectivity index (χ2n) is 4.43. The van der Waals surface area contributed by atoms with E-state index >= 15 is 0 Å². The van der Waals surface area contributed by atoms with Gasteiger partial charge in [-0.05, 0) is 36.6 Å². The van der Waals surface area contributed by atoms with Gasteiger partial charge in [-0.15, -0.1) is 0 Å². The van der Waals surface area contributed by atoms with Crippen molar-refractivity contribution in [3.63, 3.8) is 0 Å². The quantitative estimate of drug-likeness (QED) is 0.809. The fourth-order valence-electron chi connectivity index (χ4n) is 1.68. The van der Waals surface area contributed by atoms with Crippen LogP contribution in [0, 0.1) is 5.92 Å². The van der Waals surface area contributed by atoms with Crippen LogP contribution in [0.25, 0.3) is 0 Å². The molecule has 0 aromatic heterocycles. The molecule has 1 aromatic rings. The molecule has 16 heavy (non-hydrogen) atoms. The van der Waals surface area contributed by atoms with Crippen LogP contribution in [0.1, 0.15) is 45.2 Å². The molecule has 0 aliphatic rings. The maximum atomic E-state index is 3.64. The van der Waals surface area contributed by atoms with Gasteiger partial charge in [-0.2, -0.15) is 0 Å². The van der Waals surface area contributed by atoms with Crippen LogP contribution < -0.4 is 5.32 Å². The molecule has 90 valence electrons. The van der Waals surface area contributed by atoms with E-state index in [0.717, 1.165) is 23.4 Å². The number of hydrogen-bond donors (Lipinski definition) is 1. The van der Waals surface area contributed by atoms with Crippen molar-refractivity contribution in [2.45, 2.75) is 39.7 Å². The van der Waals surface area contributed by atoms with Crippen molar-refractivity contribution in [2.24, 2.45) is 5.92 Å². The Labute approximate surface area is 108 Å². The lowest BCUT2D eigenvalue weighted by molar-refractivity contribution is 0.438. The largest absolute Gasteiger partial charge is 0.310 e. The predicted molar refractivity (Wildman–Crippen MR) is 74.6 cm³/mol. The number of benzene rings is 1. The van der Waals surface area contributed by atoms with Crippen LogP contribution in [-0.2, 0) is 0 Å². The lowest BCUT2D eigenvalue weighted by Gasteiger charge is -2.20. The van der Waals surface area contributed by atoms with Crippen LogP contribution >= 0.6 is 15.9 Å². The van der Waals surface area contributed by atoms with Gasteiger partial charge in [-0.25, -0.2) is 0 Å². The molecule has 0 spiro atoms. The first kappa shape index (κ1) is 13.7. The summed E-state index contributed by atoms with van der Waals surface area (Å²) in [4.78, 5) is 0. The second-order valence-corrected chi connectivity index (χ2v) is 5.35. The van der Waals surface area contributed by atoms with E-state index in [4.69, 9.17) is 0 Å². The third-order valence-electron chi connectivity index (χ3n) is 3.09. The molecule has 0 radical (unpaired) electrons. The number of hydrogen-bond acceptors (Lipinski definition) is 1. The fourth-order valence-corrected chi connectivity index (χ4v) is 1.95. The van der Waals surface area contributed by atoms with Crippen LogP contribution in [0.3, 0.4) is 0 Å². The smallest absolute Gasteiger partial charge is 0.0317 e. The molecule has 0 aliphatic heterocycles. The van der Waals surface area contributed by atoms with Crippen LogP contribution in [0.2, 0.25) is 0 Å². The fraction of sp³-hybridized carbons (Fsp3) is 0.571. The normalized spacial score (nSPS) is 14.8. The van der Waals surface area contributed by atoms with Crippen molar-refractivity contribution in [1.29, 1.82) is 0 Å². The first-order chi connectivity index (χ1) is 7.67. The van der Waals surface area contributed by atoms with E-state index in [9.17, 15) is 0 Å². The highest BCUT2D eigenvalue weighted by Crippen LogP contribution is 2.19. The first-order valence-electron chi connectivity index (χ1n) is 6.16. The molecule has 1 rings (SSSR count). The molecular formula is C14H22BrN. The van der Waals surface area contributed by atoms with Gasteiger partial charge < -0.3 is 5.32 Å². The van der Waals surface area contributed by atoms with Crippen molar-refractivity contribution >= 4 is 15.9 Å². The van der Waals surface area contributed by atoms with E-state index in [-0.39, 0.29) is 0 Å². The molecule has 0 bridgehead atoms. The van der Waals surface area contributed by atoms with Gasteiger partial charge >= 0.3 is 0 Å². The molecule has 0 saturated heterocycles. The third kappa shape index (κ3) is 4.26.